The number of anilines is 1. The highest BCUT2D eigenvalue weighted by atomic mass is 32.2. The lowest BCUT2D eigenvalue weighted by Crippen LogP contribution is -2.19. The van der Waals surface area contributed by atoms with Crippen molar-refractivity contribution >= 4 is 40.7 Å². The summed E-state index contributed by atoms with van der Waals surface area (Å²) in [6.45, 7) is 1.42. The fourth-order valence-electron chi connectivity index (χ4n) is 3.34. The van der Waals surface area contributed by atoms with Crippen LogP contribution in [0.3, 0.4) is 0 Å². The molecule has 1 aromatic carbocycles. The number of aromatic nitrogens is 3. The summed E-state index contributed by atoms with van der Waals surface area (Å²) < 4.78 is 12.6. The van der Waals surface area contributed by atoms with Crippen LogP contribution in [-0.4, -0.2) is 52.2 Å². The molecule has 10 heteroatoms. The Kier molecular flexibility index (Phi) is 7.00. The van der Waals surface area contributed by atoms with E-state index in [1.165, 1.54) is 18.9 Å². The van der Waals surface area contributed by atoms with Gasteiger partial charge in [-0.2, -0.15) is 0 Å². The zero-order valence-corrected chi connectivity index (χ0v) is 18.6. The predicted molar refractivity (Wildman–Crippen MR) is 119 cm³/mol. The van der Waals surface area contributed by atoms with E-state index in [0.717, 1.165) is 30.2 Å². The van der Waals surface area contributed by atoms with Gasteiger partial charge < -0.3 is 14.8 Å². The van der Waals surface area contributed by atoms with Crippen molar-refractivity contribution in [2.45, 2.75) is 30.6 Å². The smallest absolute Gasteiger partial charge is 0.339 e. The van der Waals surface area contributed by atoms with Crippen LogP contribution >= 0.6 is 23.1 Å². The minimum atomic E-state index is -0.500. The van der Waals surface area contributed by atoms with Gasteiger partial charge in [-0.25, -0.2) is 4.79 Å². The molecule has 31 heavy (non-hydrogen) atoms. The molecule has 1 unspecified atom stereocenters. The fraction of sp³-hybridized carbons (Fsp3) is 0.333. The van der Waals surface area contributed by atoms with Crippen LogP contribution in [0.5, 0.6) is 0 Å². The quantitative estimate of drug-likeness (QED) is 0.406. The van der Waals surface area contributed by atoms with Gasteiger partial charge in [-0.3, -0.25) is 9.36 Å². The number of nitrogens with zero attached hydrogens (tertiary/aromatic N) is 3. The fourth-order valence-corrected chi connectivity index (χ4v) is 4.80. The van der Waals surface area contributed by atoms with Gasteiger partial charge in [0.05, 0.1) is 41.6 Å². The number of benzene rings is 1. The van der Waals surface area contributed by atoms with Crippen molar-refractivity contribution in [2.24, 2.45) is 0 Å². The second kappa shape index (κ2) is 10.1. The number of carbonyl (C=O) groups is 2. The average Bonchev–Trinajstić information content (AvgIpc) is 3.55. The largest absolute Gasteiger partial charge is 0.465 e. The molecule has 1 aliphatic rings. The Morgan fingerprint density at radius 2 is 2.16 bits per heavy atom. The molecule has 3 heterocycles. The second-order valence-corrected chi connectivity index (χ2v) is 8.79. The van der Waals surface area contributed by atoms with Crippen molar-refractivity contribution in [3.8, 4) is 10.7 Å². The minimum absolute atomic E-state index is 0.120. The van der Waals surface area contributed by atoms with E-state index in [2.05, 4.69) is 15.5 Å². The number of thioether (sulfide) groups is 1. The lowest BCUT2D eigenvalue weighted by atomic mass is 10.2. The first-order valence-corrected chi connectivity index (χ1v) is 11.7. The van der Waals surface area contributed by atoms with E-state index in [1.807, 2.05) is 22.1 Å². The Balaban J connectivity index is 1.47. The van der Waals surface area contributed by atoms with Crippen molar-refractivity contribution in [1.29, 1.82) is 0 Å². The van der Waals surface area contributed by atoms with Crippen LogP contribution in [0.2, 0.25) is 0 Å². The Bertz CT molecular complexity index is 1050. The number of methoxy groups -OCH3 is 1. The summed E-state index contributed by atoms with van der Waals surface area (Å²) >= 11 is 2.90. The highest BCUT2D eigenvalue weighted by Crippen LogP contribution is 2.29. The third-order valence-corrected chi connectivity index (χ3v) is 6.64. The van der Waals surface area contributed by atoms with Crippen LogP contribution in [0.25, 0.3) is 10.7 Å². The van der Waals surface area contributed by atoms with Crippen LogP contribution in [0.4, 0.5) is 5.69 Å². The van der Waals surface area contributed by atoms with Crippen LogP contribution in [0.1, 0.15) is 23.2 Å². The molecule has 1 atom stereocenters. The van der Waals surface area contributed by atoms with E-state index in [1.54, 1.807) is 35.6 Å². The van der Waals surface area contributed by atoms with Gasteiger partial charge in [0.15, 0.2) is 11.0 Å². The predicted octanol–water partition coefficient (Wildman–Crippen LogP) is 3.70. The lowest BCUT2D eigenvalue weighted by molar-refractivity contribution is -0.113. The van der Waals surface area contributed by atoms with Gasteiger partial charge in [0, 0.05) is 6.61 Å². The van der Waals surface area contributed by atoms with E-state index in [9.17, 15) is 9.59 Å². The molecule has 8 nitrogen and oxygen atoms in total. The molecule has 0 saturated carbocycles. The molecule has 0 radical (unpaired) electrons. The topological polar surface area (TPSA) is 95.3 Å². The maximum absolute atomic E-state index is 12.6. The highest BCUT2D eigenvalue weighted by molar-refractivity contribution is 7.99. The Morgan fingerprint density at radius 3 is 2.90 bits per heavy atom. The molecule has 162 valence electrons. The number of amides is 1. The summed E-state index contributed by atoms with van der Waals surface area (Å²) in [5.74, 6) is 0.166. The summed E-state index contributed by atoms with van der Waals surface area (Å²) in [5.41, 5.74) is 0.727. The zero-order chi connectivity index (χ0) is 21.6. The maximum atomic E-state index is 12.6. The standard InChI is InChI=1S/C21H22N4O4S2/c1-28-20(27)15-7-2-3-8-16(15)22-18(26)13-31-21-24-23-19(17-9-5-11-30-17)25(21)12-14-6-4-10-29-14/h2-3,5,7-9,11,14H,4,6,10,12-13H2,1H3,(H,22,26). The molecule has 4 rings (SSSR count). The van der Waals surface area contributed by atoms with Gasteiger partial charge in [-0.1, -0.05) is 30.0 Å². The third kappa shape index (κ3) is 5.15. The molecule has 1 N–H and O–H groups in total. The number of nitrogens with one attached hydrogen (secondary N) is 1. The van der Waals surface area contributed by atoms with Gasteiger partial charge in [0.2, 0.25) is 5.91 Å². The van der Waals surface area contributed by atoms with Crippen molar-refractivity contribution in [1.82, 2.24) is 14.8 Å². The summed E-state index contributed by atoms with van der Waals surface area (Å²) in [5, 5.41) is 14.1. The second-order valence-electron chi connectivity index (χ2n) is 6.90. The maximum Gasteiger partial charge on any atom is 0.339 e. The number of thiophene rings is 1. The molecular formula is C21H22N4O4S2. The first-order chi connectivity index (χ1) is 15.2. The van der Waals surface area contributed by atoms with Gasteiger partial charge in [0.1, 0.15) is 0 Å². The summed E-state index contributed by atoms with van der Waals surface area (Å²) in [6.07, 6.45) is 2.16. The SMILES string of the molecule is COC(=O)c1ccccc1NC(=O)CSc1nnc(-c2cccs2)n1CC1CCCO1. The molecule has 2 aromatic heterocycles. The summed E-state index contributed by atoms with van der Waals surface area (Å²) in [7, 11) is 1.31. The molecule has 1 amide bonds. The van der Waals surface area contributed by atoms with Crippen molar-refractivity contribution in [3.05, 3.63) is 47.3 Å². The van der Waals surface area contributed by atoms with Crippen molar-refractivity contribution in [3.63, 3.8) is 0 Å². The number of esters is 1. The Labute approximate surface area is 188 Å². The van der Waals surface area contributed by atoms with Crippen molar-refractivity contribution < 1.29 is 19.1 Å². The Hall–Kier alpha value is -2.69. The van der Waals surface area contributed by atoms with Crippen LogP contribution in [0, 0.1) is 0 Å². The van der Waals surface area contributed by atoms with Gasteiger partial charge in [0.25, 0.3) is 0 Å². The molecule has 0 bridgehead atoms. The van der Waals surface area contributed by atoms with E-state index in [4.69, 9.17) is 9.47 Å². The molecule has 0 aliphatic carbocycles. The van der Waals surface area contributed by atoms with Gasteiger partial charge in [-0.15, -0.1) is 21.5 Å². The highest BCUT2D eigenvalue weighted by Gasteiger charge is 2.23. The normalized spacial score (nSPS) is 15.7. The molecule has 1 saturated heterocycles. The molecule has 1 aliphatic heterocycles. The lowest BCUT2D eigenvalue weighted by Gasteiger charge is -2.14. The van der Waals surface area contributed by atoms with E-state index in [0.29, 0.717) is 23.0 Å². The first kappa shape index (κ1) is 21.5. The number of ether oxygens (including phenoxy) is 2. The minimum Gasteiger partial charge on any atom is -0.465 e. The Morgan fingerprint density at radius 1 is 1.29 bits per heavy atom. The molecule has 1 fully saturated rings. The first-order valence-electron chi connectivity index (χ1n) is 9.84. The number of carbonyl (C=O) groups excluding carboxylic acids is 2. The third-order valence-electron chi connectivity index (χ3n) is 4.81. The molecule has 0 spiro atoms. The van der Waals surface area contributed by atoms with Crippen LogP contribution in [-0.2, 0) is 20.8 Å². The number of para-hydroxylation sites is 1. The van der Waals surface area contributed by atoms with Crippen LogP contribution in [0.15, 0.2) is 46.9 Å². The van der Waals surface area contributed by atoms with Gasteiger partial charge >= 0.3 is 5.97 Å². The number of hydrogen-bond acceptors (Lipinski definition) is 8. The van der Waals surface area contributed by atoms with Crippen molar-refractivity contribution in [2.75, 3.05) is 24.8 Å². The van der Waals surface area contributed by atoms with Gasteiger partial charge in [-0.05, 0) is 36.4 Å². The van der Waals surface area contributed by atoms with E-state index < -0.39 is 5.97 Å². The summed E-state index contributed by atoms with van der Waals surface area (Å²) in [4.78, 5) is 25.5. The van der Waals surface area contributed by atoms with E-state index in [-0.39, 0.29) is 17.8 Å². The number of hydrogen-bond donors (Lipinski definition) is 1. The molecule has 3 aromatic rings. The molecular weight excluding hydrogens is 436 g/mol. The number of rotatable bonds is 8. The van der Waals surface area contributed by atoms with E-state index >= 15 is 0 Å². The average molecular weight is 459 g/mol. The van der Waals surface area contributed by atoms with Crippen LogP contribution < -0.4 is 5.32 Å². The zero-order valence-electron chi connectivity index (χ0n) is 16.9. The monoisotopic (exact) mass is 458 g/mol. The summed E-state index contributed by atoms with van der Waals surface area (Å²) in [6, 6.07) is 10.7.